The fraction of sp³-hybridized carbons (Fsp3) is 0.250. The molecular formula is C12H14ClN5O2. The number of oxazole rings is 1. The number of amides is 1. The van der Waals surface area contributed by atoms with E-state index in [2.05, 4.69) is 20.7 Å². The van der Waals surface area contributed by atoms with Crippen molar-refractivity contribution in [1.29, 1.82) is 0 Å². The third kappa shape index (κ3) is 3.06. The van der Waals surface area contributed by atoms with Gasteiger partial charge in [0, 0.05) is 6.20 Å². The lowest BCUT2D eigenvalue weighted by Crippen LogP contribution is -2.27. The van der Waals surface area contributed by atoms with Crippen LogP contribution in [0.5, 0.6) is 0 Å². The minimum atomic E-state index is -0.359. The van der Waals surface area contributed by atoms with Gasteiger partial charge in [0.05, 0.1) is 16.8 Å². The number of carbonyl (C=O) groups excluding carboxylic acids is 1. The first kappa shape index (κ1) is 14.3. The summed E-state index contributed by atoms with van der Waals surface area (Å²) in [5, 5.41) is 3.01. The van der Waals surface area contributed by atoms with Crippen molar-refractivity contribution in [3.05, 3.63) is 40.7 Å². The smallest absolute Gasteiger partial charge is 0.253 e. The predicted octanol–water partition coefficient (Wildman–Crippen LogP) is 1.81. The van der Waals surface area contributed by atoms with E-state index >= 15 is 0 Å². The maximum absolute atomic E-state index is 12.1. The van der Waals surface area contributed by atoms with Gasteiger partial charge in [-0.3, -0.25) is 4.79 Å². The molecule has 2 aromatic rings. The van der Waals surface area contributed by atoms with E-state index < -0.39 is 0 Å². The number of carbonyl (C=O) groups is 1. The molecule has 2 rings (SSSR count). The first-order valence-corrected chi connectivity index (χ1v) is 6.24. The van der Waals surface area contributed by atoms with Crippen LogP contribution in [0.3, 0.4) is 0 Å². The lowest BCUT2D eigenvalue weighted by Gasteiger charge is -2.11. The topological polar surface area (TPSA) is 106 Å². The Hall–Kier alpha value is -2.12. The second-order valence-electron chi connectivity index (χ2n) is 4.20. The van der Waals surface area contributed by atoms with Gasteiger partial charge in [-0.25, -0.2) is 15.8 Å². The van der Waals surface area contributed by atoms with Crippen LogP contribution >= 0.6 is 11.6 Å². The van der Waals surface area contributed by atoms with Crippen LogP contribution in [0.25, 0.3) is 0 Å². The molecule has 8 heteroatoms. The lowest BCUT2D eigenvalue weighted by molar-refractivity contribution is 0.0933. The molecule has 4 N–H and O–H groups in total. The molecule has 0 saturated heterocycles. The quantitative estimate of drug-likeness (QED) is 0.587. The highest BCUT2D eigenvalue weighted by Gasteiger charge is 2.16. The SMILES string of the molecule is Cc1cnc(C(C)NC(=O)c2cnc(NN)c(Cl)c2)o1. The van der Waals surface area contributed by atoms with Gasteiger partial charge in [0.2, 0.25) is 5.89 Å². The van der Waals surface area contributed by atoms with Gasteiger partial charge in [-0.1, -0.05) is 11.6 Å². The minimum Gasteiger partial charge on any atom is -0.444 e. The summed E-state index contributed by atoms with van der Waals surface area (Å²) >= 11 is 5.91. The van der Waals surface area contributed by atoms with Gasteiger partial charge in [-0.05, 0) is 19.9 Å². The molecule has 2 heterocycles. The Morgan fingerprint density at radius 2 is 2.20 bits per heavy atom. The second kappa shape index (κ2) is 5.89. The number of hydrazine groups is 1. The Labute approximate surface area is 120 Å². The number of aromatic nitrogens is 2. The van der Waals surface area contributed by atoms with Gasteiger partial charge in [0.25, 0.3) is 5.91 Å². The van der Waals surface area contributed by atoms with Gasteiger partial charge in [-0.15, -0.1) is 0 Å². The van der Waals surface area contributed by atoms with E-state index in [9.17, 15) is 4.79 Å². The third-order valence-electron chi connectivity index (χ3n) is 2.60. The molecule has 0 aliphatic carbocycles. The Morgan fingerprint density at radius 3 is 2.75 bits per heavy atom. The summed E-state index contributed by atoms with van der Waals surface area (Å²) in [5.41, 5.74) is 2.65. The number of nitrogens with two attached hydrogens (primary N) is 1. The highest BCUT2D eigenvalue weighted by molar-refractivity contribution is 6.33. The highest BCUT2D eigenvalue weighted by atomic mass is 35.5. The van der Waals surface area contributed by atoms with E-state index in [1.165, 1.54) is 12.3 Å². The molecule has 0 aliphatic rings. The number of hydrogen-bond donors (Lipinski definition) is 3. The van der Waals surface area contributed by atoms with Crippen LogP contribution in [-0.4, -0.2) is 15.9 Å². The number of halogens is 1. The number of rotatable bonds is 4. The molecule has 1 amide bonds. The van der Waals surface area contributed by atoms with Crippen LogP contribution in [0.4, 0.5) is 5.82 Å². The average molecular weight is 296 g/mol. The first-order chi connectivity index (χ1) is 9.51. The summed E-state index contributed by atoms with van der Waals surface area (Å²) in [5.74, 6) is 6.32. The molecule has 0 radical (unpaired) electrons. The monoisotopic (exact) mass is 295 g/mol. The summed E-state index contributed by atoms with van der Waals surface area (Å²) < 4.78 is 5.35. The van der Waals surface area contributed by atoms with E-state index in [0.29, 0.717) is 23.0 Å². The molecule has 2 aromatic heterocycles. The summed E-state index contributed by atoms with van der Waals surface area (Å²) in [7, 11) is 0. The molecule has 0 aliphatic heterocycles. The van der Waals surface area contributed by atoms with Crippen LogP contribution in [0.15, 0.2) is 22.9 Å². The fourth-order valence-electron chi connectivity index (χ4n) is 1.58. The summed E-state index contributed by atoms with van der Waals surface area (Å²) in [6, 6.07) is 1.12. The van der Waals surface area contributed by atoms with Gasteiger partial charge in [-0.2, -0.15) is 0 Å². The molecule has 0 aromatic carbocycles. The van der Waals surface area contributed by atoms with Crippen molar-refractivity contribution in [2.75, 3.05) is 5.43 Å². The van der Waals surface area contributed by atoms with Gasteiger partial charge >= 0.3 is 0 Å². The third-order valence-corrected chi connectivity index (χ3v) is 2.89. The minimum absolute atomic E-state index is 0.264. The zero-order chi connectivity index (χ0) is 14.7. The normalized spacial score (nSPS) is 12.0. The zero-order valence-corrected chi connectivity index (χ0v) is 11.7. The number of pyridine rings is 1. The molecule has 0 saturated carbocycles. The Bertz CT molecular complexity index is 628. The summed E-state index contributed by atoms with van der Waals surface area (Å²) in [6.45, 7) is 3.56. The molecule has 106 valence electrons. The standard InChI is InChI=1S/C12H14ClN5O2/c1-6-4-16-12(20-6)7(2)17-11(19)8-3-9(13)10(18-14)15-5-8/h3-5,7H,14H2,1-2H3,(H,15,18)(H,17,19). The Kier molecular flexibility index (Phi) is 4.21. The molecule has 0 spiro atoms. The van der Waals surface area contributed by atoms with E-state index in [1.54, 1.807) is 20.0 Å². The predicted molar refractivity (Wildman–Crippen MR) is 74.2 cm³/mol. The van der Waals surface area contributed by atoms with Crippen molar-refractivity contribution >= 4 is 23.3 Å². The van der Waals surface area contributed by atoms with Crippen LogP contribution in [0.1, 0.15) is 35.0 Å². The molecular weight excluding hydrogens is 282 g/mol. The van der Waals surface area contributed by atoms with E-state index in [0.717, 1.165) is 0 Å². The van der Waals surface area contributed by atoms with Crippen LogP contribution in [0, 0.1) is 6.92 Å². The summed E-state index contributed by atoms with van der Waals surface area (Å²) in [6.07, 6.45) is 2.97. The maximum Gasteiger partial charge on any atom is 0.253 e. The van der Waals surface area contributed by atoms with Crippen molar-refractivity contribution in [2.45, 2.75) is 19.9 Å². The number of anilines is 1. The Balaban J connectivity index is 2.10. The van der Waals surface area contributed by atoms with Crippen molar-refractivity contribution < 1.29 is 9.21 Å². The van der Waals surface area contributed by atoms with Crippen molar-refractivity contribution in [1.82, 2.24) is 15.3 Å². The van der Waals surface area contributed by atoms with Gasteiger partial charge < -0.3 is 15.2 Å². The number of nitrogens with one attached hydrogen (secondary N) is 2. The van der Waals surface area contributed by atoms with Gasteiger partial charge in [0.1, 0.15) is 11.8 Å². The number of aryl methyl sites for hydroxylation is 1. The van der Waals surface area contributed by atoms with Crippen LogP contribution in [0.2, 0.25) is 5.02 Å². The average Bonchev–Trinajstić information content (AvgIpc) is 2.85. The summed E-state index contributed by atoms with van der Waals surface area (Å²) in [4.78, 5) is 20.0. The zero-order valence-electron chi connectivity index (χ0n) is 11.0. The van der Waals surface area contributed by atoms with Crippen molar-refractivity contribution in [2.24, 2.45) is 5.84 Å². The highest BCUT2D eigenvalue weighted by Crippen LogP contribution is 2.19. The maximum atomic E-state index is 12.1. The van der Waals surface area contributed by atoms with Gasteiger partial charge in [0.15, 0.2) is 5.82 Å². The molecule has 0 fully saturated rings. The number of hydrogen-bond acceptors (Lipinski definition) is 6. The van der Waals surface area contributed by atoms with Crippen molar-refractivity contribution in [3.63, 3.8) is 0 Å². The lowest BCUT2D eigenvalue weighted by atomic mass is 10.2. The number of nitrogen functional groups attached to an aromatic ring is 1. The second-order valence-corrected chi connectivity index (χ2v) is 4.61. The van der Waals surface area contributed by atoms with E-state index in [-0.39, 0.29) is 17.0 Å². The largest absolute Gasteiger partial charge is 0.444 e. The fourth-order valence-corrected chi connectivity index (χ4v) is 1.80. The van der Waals surface area contributed by atoms with Crippen LogP contribution < -0.4 is 16.6 Å². The van der Waals surface area contributed by atoms with Crippen LogP contribution in [-0.2, 0) is 0 Å². The van der Waals surface area contributed by atoms with E-state index in [4.69, 9.17) is 21.9 Å². The molecule has 1 atom stereocenters. The van der Waals surface area contributed by atoms with E-state index in [1.807, 2.05) is 0 Å². The molecule has 0 bridgehead atoms. The molecule has 20 heavy (non-hydrogen) atoms. The molecule has 1 unspecified atom stereocenters. The number of nitrogens with zero attached hydrogens (tertiary/aromatic N) is 2. The first-order valence-electron chi connectivity index (χ1n) is 5.86. The Morgan fingerprint density at radius 1 is 1.45 bits per heavy atom. The molecule has 7 nitrogen and oxygen atoms in total. The van der Waals surface area contributed by atoms with Crippen molar-refractivity contribution in [3.8, 4) is 0 Å².